The molecule has 1 aliphatic rings. The van der Waals surface area contributed by atoms with Crippen LogP contribution >= 0.6 is 10.2 Å². The second kappa shape index (κ2) is 6.40. The molecule has 32 heavy (non-hydrogen) atoms. The third-order valence-electron chi connectivity index (χ3n) is 5.59. The number of benzene rings is 1. The summed E-state index contributed by atoms with van der Waals surface area (Å²) in [5.41, 5.74) is -1.08. The van der Waals surface area contributed by atoms with E-state index in [0.29, 0.717) is 30.4 Å². The average molecular weight is 478 g/mol. The van der Waals surface area contributed by atoms with E-state index in [9.17, 15) is 28.6 Å². The summed E-state index contributed by atoms with van der Waals surface area (Å²) < 4.78 is 80.9. The molecule has 1 aromatic carbocycles. The van der Waals surface area contributed by atoms with Crippen LogP contribution in [-0.2, 0) is 5.54 Å². The quantitative estimate of drug-likeness (QED) is 0.417. The molecular formula is C20H20F6N4OS. The number of pyridine rings is 1. The SMILES string of the molecule is Cc1nc(N[C@H](C)c2cccc(S(F)(F)(F)(F)F)c2)c2cn(C3(CF)CC3)c(=O)cc2n1. The van der Waals surface area contributed by atoms with Crippen molar-refractivity contribution >= 4 is 26.9 Å². The minimum absolute atomic E-state index is 0.0316. The monoisotopic (exact) mass is 478 g/mol. The van der Waals surface area contributed by atoms with Crippen molar-refractivity contribution in [3.63, 3.8) is 0 Å². The summed E-state index contributed by atoms with van der Waals surface area (Å²) in [6, 6.07) is 3.37. The van der Waals surface area contributed by atoms with Crippen LogP contribution in [0.2, 0.25) is 0 Å². The molecule has 5 nitrogen and oxygen atoms in total. The molecule has 0 spiro atoms. The maximum absolute atomic E-state index is 13.5. The molecule has 1 saturated carbocycles. The van der Waals surface area contributed by atoms with Crippen LogP contribution in [0.4, 0.5) is 29.6 Å². The molecule has 174 valence electrons. The summed E-state index contributed by atoms with van der Waals surface area (Å²) in [5, 5.41) is 3.29. The van der Waals surface area contributed by atoms with Gasteiger partial charge in [0.25, 0.3) is 5.56 Å². The predicted molar refractivity (Wildman–Crippen MR) is 112 cm³/mol. The fourth-order valence-corrected chi connectivity index (χ4v) is 4.29. The van der Waals surface area contributed by atoms with Crippen molar-refractivity contribution in [3.05, 3.63) is 58.3 Å². The number of alkyl halides is 1. The maximum Gasteiger partial charge on any atom is 0.310 e. The van der Waals surface area contributed by atoms with Crippen LogP contribution < -0.4 is 10.9 Å². The van der Waals surface area contributed by atoms with Gasteiger partial charge in [0.2, 0.25) is 0 Å². The Kier molecular flexibility index (Phi) is 4.48. The van der Waals surface area contributed by atoms with Crippen LogP contribution in [0.5, 0.6) is 0 Å². The maximum atomic E-state index is 13.5. The first-order valence-electron chi connectivity index (χ1n) is 9.70. The molecule has 1 fully saturated rings. The standard InChI is InChI=1S/C20H20F6N4OS/c1-12(14-4-3-5-15(8-14)32(22,23,24,25)26)27-19-16-10-30(20(11-21)6-7-20)18(31)9-17(16)28-13(2)29-19/h3-5,8-10,12H,6-7,11H2,1-2H3,(H,27,28,29)/t12-/m1/s1. The van der Waals surface area contributed by atoms with Crippen LogP contribution in [0.15, 0.2) is 46.2 Å². The minimum atomic E-state index is -9.83. The van der Waals surface area contributed by atoms with Crippen LogP contribution in [0.25, 0.3) is 10.9 Å². The lowest BCUT2D eigenvalue weighted by molar-refractivity contribution is 0.331. The molecule has 0 amide bonds. The highest BCUT2D eigenvalue weighted by Crippen LogP contribution is 3.02. The summed E-state index contributed by atoms with van der Waals surface area (Å²) in [4.78, 5) is 19.0. The molecule has 0 unspecified atom stereocenters. The first-order chi connectivity index (χ1) is 14.6. The van der Waals surface area contributed by atoms with Crippen LogP contribution in [0.1, 0.15) is 37.2 Å². The Morgan fingerprint density at radius 1 is 1.16 bits per heavy atom. The Labute approximate surface area is 179 Å². The van der Waals surface area contributed by atoms with Gasteiger partial charge in [0, 0.05) is 12.3 Å². The lowest BCUT2D eigenvalue weighted by atomic mass is 10.1. The van der Waals surface area contributed by atoms with E-state index in [4.69, 9.17) is 0 Å². The van der Waals surface area contributed by atoms with E-state index in [1.165, 1.54) is 29.8 Å². The van der Waals surface area contributed by atoms with Crippen molar-refractivity contribution in [2.45, 2.75) is 43.2 Å². The fourth-order valence-electron chi connectivity index (χ4n) is 3.60. The number of hydrogen-bond donors (Lipinski definition) is 1. The molecule has 1 aliphatic carbocycles. The molecule has 0 saturated heterocycles. The van der Waals surface area contributed by atoms with Crippen LogP contribution in [0.3, 0.4) is 0 Å². The number of nitrogens with zero attached hydrogens (tertiary/aromatic N) is 3. The van der Waals surface area contributed by atoms with Gasteiger partial charge in [-0.25, -0.2) is 14.4 Å². The minimum Gasteiger partial charge on any atom is -0.363 e. The first-order valence-corrected chi connectivity index (χ1v) is 11.7. The lowest BCUT2D eigenvalue weighted by Gasteiger charge is -2.40. The van der Waals surface area contributed by atoms with Gasteiger partial charge in [0.1, 0.15) is 23.2 Å². The van der Waals surface area contributed by atoms with Crippen LogP contribution in [-0.4, -0.2) is 21.2 Å². The van der Waals surface area contributed by atoms with Gasteiger partial charge in [-0.1, -0.05) is 31.6 Å². The molecular weight excluding hydrogens is 458 g/mol. The number of hydrogen-bond acceptors (Lipinski definition) is 4. The first kappa shape index (κ1) is 22.4. The van der Waals surface area contributed by atoms with Crippen molar-refractivity contribution in [3.8, 4) is 0 Å². The molecule has 2 heterocycles. The summed E-state index contributed by atoms with van der Waals surface area (Å²) >= 11 is 0. The van der Waals surface area contributed by atoms with Gasteiger partial charge in [-0.15, -0.1) is 0 Å². The van der Waals surface area contributed by atoms with Crippen molar-refractivity contribution in [1.29, 1.82) is 0 Å². The van der Waals surface area contributed by atoms with E-state index in [2.05, 4.69) is 15.3 Å². The molecule has 4 rings (SSSR count). The van der Waals surface area contributed by atoms with Crippen LogP contribution in [0, 0.1) is 6.92 Å². The number of anilines is 1. The Morgan fingerprint density at radius 3 is 2.44 bits per heavy atom. The summed E-state index contributed by atoms with van der Waals surface area (Å²) in [5.74, 6) is 0.484. The Bertz CT molecular complexity index is 1290. The number of rotatable bonds is 6. The molecule has 0 radical (unpaired) electrons. The van der Waals surface area contributed by atoms with E-state index in [0.717, 1.165) is 6.07 Å². The zero-order valence-electron chi connectivity index (χ0n) is 17.1. The molecule has 0 bridgehead atoms. The second-order valence-electron chi connectivity index (χ2n) is 8.17. The number of nitrogens with one attached hydrogen (secondary N) is 1. The van der Waals surface area contributed by atoms with Gasteiger partial charge in [-0.2, -0.15) is 0 Å². The smallest absolute Gasteiger partial charge is 0.310 e. The number of aryl methyl sites for hydroxylation is 1. The Morgan fingerprint density at radius 2 is 1.84 bits per heavy atom. The van der Waals surface area contributed by atoms with E-state index in [-0.39, 0.29) is 22.7 Å². The molecule has 1 atom stereocenters. The van der Waals surface area contributed by atoms with E-state index >= 15 is 0 Å². The highest BCUT2D eigenvalue weighted by atomic mass is 32.5. The predicted octanol–water partition coefficient (Wildman–Crippen LogP) is 6.39. The third-order valence-corrected chi connectivity index (χ3v) is 6.73. The zero-order valence-corrected chi connectivity index (χ0v) is 17.9. The molecule has 2 aromatic heterocycles. The van der Waals surface area contributed by atoms with Crippen molar-refractivity contribution in [2.24, 2.45) is 0 Å². The van der Waals surface area contributed by atoms with Crippen molar-refractivity contribution in [1.82, 2.24) is 14.5 Å². The van der Waals surface area contributed by atoms with E-state index in [1.807, 2.05) is 0 Å². The van der Waals surface area contributed by atoms with Gasteiger partial charge < -0.3 is 9.88 Å². The van der Waals surface area contributed by atoms with Gasteiger partial charge in [-0.05, 0) is 44.4 Å². The number of fused-ring (bicyclic) bond motifs is 1. The van der Waals surface area contributed by atoms with Crippen molar-refractivity contribution in [2.75, 3.05) is 12.0 Å². The fraction of sp³-hybridized carbons (Fsp3) is 0.350. The van der Waals surface area contributed by atoms with Gasteiger partial charge in [-0.3, -0.25) is 4.79 Å². The zero-order chi connectivity index (χ0) is 23.6. The number of aromatic nitrogens is 3. The lowest BCUT2D eigenvalue weighted by Crippen LogP contribution is -2.31. The molecule has 3 aromatic rings. The average Bonchev–Trinajstić information content (AvgIpc) is 3.47. The highest BCUT2D eigenvalue weighted by Gasteiger charge is 2.65. The van der Waals surface area contributed by atoms with Gasteiger partial charge in [0.15, 0.2) is 0 Å². The van der Waals surface area contributed by atoms with Gasteiger partial charge in [0.05, 0.1) is 22.5 Å². The van der Waals surface area contributed by atoms with E-state index in [1.54, 1.807) is 6.92 Å². The Hall–Kier alpha value is -2.76. The normalized spacial score (nSPS) is 18.6. The highest BCUT2D eigenvalue weighted by molar-refractivity contribution is 8.45. The van der Waals surface area contributed by atoms with E-state index < -0.39 is 38.9 Å². The Balaban J connectivity index is 1.77. The molecule has 0 aliphatic heterocycles. The number of halogens is 6. The summed E-state index contributed by atoms with van der Waals surface area (Å²) in [7, 11) is -9.83. The largest absolute Gasteiger partial charge is 0.363 e. The van der Waals surface area contributed by atoms with Crippen molar-refractivity contribution < 1.29 is 23.8 Å². The molecule has 12 heteroatoms. The van der Waals surface area contributed by atoms with Gasteiger partial charge >= 0.3 is 10.2 Å². The third kappa shape index (κ3) is 4.15. The molecule has 1 N–H and O–H groups in total. The summed E-state index contributed by atoms with van der Waals surface area (Å²) in [6.07, 6.45) is 2.44. The second-order valence-corrected chi connectivity index (χ2v) is 10.6. The summed E-state index contributed by atoms with van der Waals surface area (Å²) in [6.45, 7) is 2.35. The topological polar surface area (TPSA) is 59.8 Å².